The molecular weight excluding hydrogens is 153 g/mol. The average molecular weight is 158 g/mol. The molecule has 0 aromatic heterocycles. The Kier molecular flexibility index (Phi) is 4.84. The zero-order valence-electron chi connectivity index (χ0n) is 5.70. The van der Waals surface area contributed by atoms with E-state index in [1.165, 1.54) is 0 Å². The fourth-order valence-electron chi connectivity index (χ4n) is 0.536. The molecule has 0 aliphatic carbocycles. The molecule has 0 atom stereocenters. The minimum absolute atomic E-state index is 0. The molecule has 1 aromatic carbocycles. The van der Waals surface area contributed by atoms with Crippen LogP contribution in [0.4, 0.5) is 0 Å². The van der Waals surface area contributed by atoms with Crippen LogP contribution < -0.4 is 0 Å². The first-order chi connectivity index (χ1) is 4.33. The van der Waals surface area contributed by atoms with Crippen molar-refractivity contribution in [1.82, 2.24) is 0 Å². The van der Waals surface area contributed by atoms with E-state index in [9.17, 15) is 0 Å². The minimum Gasteiger partial charge on any atom is -0.192 e. The summed E-state index contributed by atoms with van der Waals surface area (Å²) in [5.41, 5.74) is 0.674. The Labute approximate surface area is 87.8 Å². The van der Waals surface area contributed by atoms with Crippen molar-refractivity contribution in [1.29, 1.82) is 5.26 Å². The zero-order chi connectivity index (χ0) is 6.69. The number of rotatable bonds is 0. The monoisotopic (exact) mass is 158 g/mol. The molecule has 45 valence electrons. The van der Waals surface area contributed by atoms with Crippen molar-refractivity contribution in [3.05, 3.63) is 29.8 Å². The summed E-state index contributed by atoms with van der Waals surface area (Å²) >= 11 is 4.06. The number of nitrogens with zero attached hydrogens (tertiary/aromatic N) is 1. The van der Waals surface area contributed by atoms with Gasteiger partial charge in [0.15, 0.2) is 0 Å². The van der Waals surface area contributed by atoms with Gasteiger partial charge in [-0.2, -0.15) is 5.26 Å². The van der Waals surface area contributed by atoms with Gasteiger partial charge in [-0.05, 0) is 24.3 Å². The van der Waals surface area contributed by atoms with Crippen molar-refractivity contribution in [2.45, 2.75) is 4.90 Å². The Hall–Kier alpha value is 0.0600. The topological polar surface area (TPSA) is 23.8 Å². The van der Waals surface area contributed by atoms with Gasteiger partial charge in [0, 0.05) is 34.5 Å². The Bertz CT molecular complexity index is 237. The summed E-state index contributed by atoms with van der Waals surface area (Å²) in [6.07, 6.45) is 0. The largest absolute Gasteiger partial charge is 0.192 e. The molecule has 3 heteroatoms. The predicted molar refractivity (Wildman–Crippen MR) is 44.2 cm³/mol. The molecule has 1 nitrogen and oxygen atoms in total. The number of benzene rings is 1. The summed E-state index contributed by atoms with van der Waals surface area (Å²) in [5.74, 6) is 0. The van der Waals surface area contributed by atoms with Gasteiger partial charge in [0.05, 0.1) is 11.6 Å². The number of thiol groups is 1. The third kappa shape index (κ3) is 2.76. The van der Waals surface area contributed by atoms with Crippen LogP contribution in [0.3, 0.4) is 0 Å². The summed E-state index contributed by atoms with van der Waals surface area (Å²) in [6, 6.07) is 9.08. The van der Waals surface area contributed by atoms with Crippen molar-refractivity contribution in [2.75, 3.05) is 0 Å². The van der Waals surface area contributed by atoms with E-state index in [0.717, 1.165) is 4.90 Å². The molecule has 0 aliphatic rings. The van der Waals surface area contributed by atoms with Crippen molar-refractivity contribution in [3.63, 3.8) is 0 Å². The van der Waals surface area contributed by atoms with E-state index >= 15 is 0 Å². The fourth-order valence-corrected chi connectivity index (χ4v) is 0.685. The third-order valence-corrected chi connectivity index (χ3v) is 1.29. The molecule has 1 aromatic rings. The van der Waals surface area contributed by atoms with Gasteiger partial charge in [-0.15, -0.1) is 12.6 Å². The van der Waals surface area contributed by atoms with Crippen LogP contribution >= 0.6 is 12.6 Å². The van der Waals surface area contributed by atoms with E-state index in [-0.39, 0.29) is 29.6 Å². The second-order valence-corrected chi connectivity index (χ2v) is 2.18. The van der Waals surface area contributed by atoms with Crippen LogP contribution in [0.2, 0.25) is 0 Å². The zero-order valence-corrected chi connectivity index (χ0v) is 8.60. The maximum atomic E-state index is 8.35. The molecule has 0 spiro atoms. The van der Waals surface area contributed by atoms with Gasteiger partial charge >= 0.3 is 0 Å². The SMILES string of the molecule is N#Cc1ccc(S)cc1.[Na]. The first-order valence-corrected chi connectivity index (χ1v) is 2.97. The van der Waals surface area contributed by atoms with Gasteiger partial charge in [0.1, 0.15) is 0 Å². The molecule has 0 N–H and O–H groups in total. The minimum atomic E-state index is 0. The van der Waals surface area contributed by atoms with Crippen molar-refractivity contribution >= 4 is 42.2 Å². The Balaban J connectivity index is 0.000000810. The van der Waals surface area contributed by atoms with Crippen molar-refractivity contribution in [3.8, 4) is 6.07 Å². The van der Waals surface area contributed by atoms with E-state index in [4.69, 9.17) is 5.26 Å². The van der Waals surface area contributed by atoms with Gasteiger partial charge in [-0.25, -0.2) is 0 Å². The Morgan fingerprint density at radius 3 is 2.10 bits per heavy atom. The molecule has 0 aliphatic heterocycles. The van der Waals surface area contributed by atoms with Gasteiger partial charge < -0.3 is 0 Å². The third-order valence-electron chi connectivity index (χ3n) is 0.996. The van der Waals surface area contributed by atoms with E-state index in [1.807, 2.05) is 6.07 Å². The first-order valence-electron chi connectivity index (χ1n) is 2.52. The molecule has 0 amide bonds. The maximum absolute atomic E-state index is 8.35. The number of hydrogen-bond acceptors (Lipinski definition) is 2. The molecule has 0 unspecified atom stereocenters. The molecule has 1 rings (SSSR count). The quantitative estimate of drug-likeness (QED) is 0.448. The molecule has 0 saturated heterocycles. The van der Waals surface area contributed by atoms with Crippen LogP contribution in [0.1, 0.15) is 5.56 Å². The summed E-state index contributed by atoms with van der Waals surface area (Å²) < 4.78 is 0. The second kappa shape index (κ2) is 4.81. The van der Waals surface area contributed by atoms with Crippen LogP contribution in [0.25, 0.3) is 0 Å². The summed E-state index contributed by atoms with van der Waals surface area (Å²) in [5, 5.41) is 8.35. The van der Waals surface area contributed by atoms with E-state index in [0.29, 0.717) is 5.56 Å². The van der Waals surface area contributed by atoms with E-state index in [2.05, 4.69) is 12.6 Å². The van der Waals surface area contributed by atoms with Crippen LogP contribution in [0.5, 0.6) is 0 Å². The molecule has 0 bridgehead atoms. The van der Waals surface area contributed by atoms with Gasteiger partial charge in [0.25, 0.3) is 0 Å². The van der Waals surface area contributed by atoms with Crippen molar-refractivity contribution in [2.24, 2.45) is 0 Å². The van der Waals surface area contributed by atoms with Crippen LogP contribution in [0, 0.1) is 11.3 Å². The average Bonchev–Trinajstić information content (AvgIpc) is 1.90. The standard InChI is InChI=1S/C7H5NS.Na/c8-5-6-1-3-7(9)4-2-6;/h1-4,9H;. The van der Waals surface area contributed by atoms with E-state index in [1.54, 1.807) is 24.3 Å². The van der Waals surface area contributed by atoms with Crippen LogP contribution in [0.15, 0.2) is 29.2 Å². The van der Waals surface area contributed by atoms with Crippen molar-refractivity contribution < 1.29 is 0 Å². The molecule has 10 heavy (non-hydrogen) atoms. The molecule has 0 fully saturated rings. The summed E-state index contributed by atoms with van der Waals surface area (Å²) in [7, 11) is 0. The van der Waals surface area contributed by atoms with Gasteiger partial charge in [-0.1, -0.05) is 0 Å². The molecule has 0 saturated carbocycles. The second-order valence-electron chi connectivity index (χ2n) is 1.66. The number of nitriles is 1. The smallest absolute Gasteiger partial charge is 0.0991 e. The molecule has 1 radical (unpaired) electrons. The molecular formula is C7H5NNaS. The summed E-state index contributed by atoms with van der Waals surface area (Å²) in [6.45, 7) is 0. The van der Waals surface area contributed by atoms with Crippen LogP contribution in [-0.2, 0) is 0 Å². The maximum Gasteiger partial charge on any atom is 0.0991 e. The van der Waals surface area contributed by atoms with Gasteiger partial charge in [0.2, 0.25) is 0 Å². The van der Waals surface area contributed by atoms with Gasteiger partial charge in [-0.3, -0.25) is 0 Å². The van der Waals surface area contributed by atoms with E-state index < -0.39 is 0 Å². The van der Waals surface area contributed by atoms with Crippen LogP contribution in [-0.4, -0.2) is 29.6 Å². The predicted octanol–water partition coefficient (Wildman–Crippen LogP) is 1.47. The number of hydrogen-bond donors (Lipinski definition) is 1. The fraction of sp³-hybridized carbons (Fsp3) is 0. The molecule has 0 heterocycles. The first kappa shape index (κ1) is 10.1. The summed E-state index contributed by atoms with van der Waals surface area (Å²) in [4.78, 5) is 0.883. The Morgan fingerprint density at radius 1 is 1.20 bits per heavy atom. The Morgan fingerprint density at radius 2 is 1.70 bits per heavy atom. The normalized spacial score (nSPS) is 7.60.